The molecule has 2 aromatic rings. The number of nitrogens with zero attached hydrogens (tertiary/aromatic N) is 2. The first-order valence-corrected chi connectivity index (χ1v) is 9.02. The minimum Gasteiger partial charge on any atom is -0.483 e. The molecular formula is C21H26N2O4. The van der Waals surface area contributed by atoms with Crippen LogP contribution < -0.4 is 4.74 Å². The number of esters is 1. The highest BCUT2D eigenvalue weighted by Crippen LogP contribution is 2.19. The molecule has 0 spiro atoms. The molecular weight excluding hydrogens is 344 g/mol. The molecule has 0 saturated carbocycles. The summed E-state index contributed by atoms with van der Waals surface area (Å²) < 4.78 is 10.7. The van der Waals surface area contributed by atoms with Gasteiger partial charge < -0.3 is 14.4 Å². The predicted octanol–water partition coefficient (Wildman–Crippen LogP) is 3.06. The molecule has 0 unspecified atom stereocenters. The SMILES string of the molecule is CCOC(=O)CCN(Cc1ccncc1)C(=O)COc1cc(C)ccc1C. The van der Waals surface area contributed by atoms with Crippen LogP contribution in [0.4, 0.5) is 0 Å². The lowest BCUT2D eigenvalue weighted by atomic mass is 10.1. The summed E-state index contributed by atoms with van der Waals surface area (Å²) in [5, 5.41) is 0. The van der Waals surface area contributed by atoms with Gasteiger partial charge in [0.05, 0.1) is 13.0 Å². The number of hydrogen-bond acceptors (Lipinski definition) is 5. The Bertz CT molecular complexity index is 762. The molecule has 6 nitrogen and oxygen atoms in total. The van der Waals surface area contributed by atoms with Crippen molar-refractivity contribution in [3.63, 3.8) is 0 Å². The normalized spacial score (nSPS) is 10.3. The number of ether oxygens (including phenoxy) is 2. The zero-order valence-electron chi connectivity index (χ0n) is 16.1. The molecule has 0 fully saturated rings. The van der Waals surface area contributed by atoms with Gasteiger partial charge in [-0.2, -0.15) is 0 Å². The number of pyridine rings is 1. The van der Waals surface area contributed by atoms with E-state index < -0.39 is 0 Å². The van der Waals surface area contributed by atoms with Crippen LogP contribution >= 0.6 is 0 Å². The van der Waals surface area contributed by atoms with E-state index in [2.05, 4.69) is 4.98 Å². The summed E-state index contributed by atoms with van der Waals surface area (Å²) in [7, 11) is 0. The average Bonchev–Trinajstić information content (AvgIpc) is 2.66. The molecule has 144 valence electrons. The molecule has 0 saturated heterocycles. The minimum absolute atomic E-state index is 0.0851. The Morgan fingerprint density at radius 1 is 1.11 bits per heavy atom. The average molecular weight is 370 g/mol. The van der Waals surface area contributed by atoms with Crippen LogP contribution in [0.3, 0.4) is 0 Å². The van der Waals surface area contributed by atoms with Crippen LogP contribution in [0.2, 0.25) is 0 Å². The highest BCUT2D eigenvalue weighted by Gasteiger charge is 2.17. The number of carbonyl (C=O) groups is 2. The van der Waals surface area contributed by atoms with Gasteiger partial charge in [0, 0.05) is 25.5 Å². The van der Waals surface area contributed by atoms with Crippen molar-refractivity contribution in [2.45, 2.75) is 33.7 Å². The standard InChI is InChI=1S/C21H26N2O4/c1-4-26-21(25)9-12-23(14-18-7-10-22-11-8-18)20(24)15-27-19-13-16(2)5-6-17(19)3/h5-8,10-11,13H,4,9,12,14-15H2,1-3H3. The van der Waals surface area contributed by atoms with Crippen molar-refractivity contribution < 1.29 is 19.1 Å². The third-order valence-corrected chi connectivity index (χ3v) is 4.06. The molecule has 1 aromatic heterocycles. The van der Waals surface area contributed by atoms with Crippen molar-refractivity contribution in [3.8, 4) is 5.75 Å². The number of aromatic nitrogens is 1. The minimum atomic E-state index is -0.319. The summed E-state index contributed by atoms with van der Waals surface area (Å²) in [5.74, 6) is 0.190. The molecule has 1 aromatic carbocycles. The van der Waals surface area contributed by atoms with E-state index in [4.69, 9.17) is 9.47 Å². The van der Waals surface area contributed by atoms with Crippen molar-refractivity contribution >= 4 is 11.9 Å². The second-order valence-corrected chi connectivity index (χ2v) is 6.28. The van der Waals surface area contributed by atoms with Gasteiger partial charge in [-0.25, -0.2) is 0 Å². The fourth-order valence-electron chi connectivity index (χ4n) is 2.55. The molecule has 0 radical (unpaired) electrons. The number of rotatable bonds is 9. The van der Waals surface area contributed by atoms with Gasteiger partial charge in [0.2, 0.25) is 0 Å². The van der Waals surface area contributed by atoms with Gasteiger partial charge in [0.1, 0.15) is 5.75 Å². The molecule has 0 aliphatic heterocycles. The summed E-state index contributed by atoms with van der Waals surface area (Å²) in [6, 6.07) is 9.56. The Kier molecular flexibility index (Phi) is 7.79. The summed E-state index contributed by atoms with van der Waals surface area (Å²) in [4.78, 5) is 30.0. The molecule has 0 aliphatic rings. The molecule has 27 heavy (non-hydrogen) atoms. The number of benzene rings is 1. The molecule has 0 bridgehead atoms. The maximum atomic E-state index is 12.7. The molecule has 0 atom stereocenters. The van der Waals surface area contributed by atoms with Gasteiger partial charge in [-0.1, -0.05) is 12.1 Å². The van der Waals surface area contributed by atoms with Crippen molar-refractivity contribution in [3.05, 3.63) is 59.4 Å². The number of carbonyl (C=O) groups excluding carboxylic acids is 2. The van der Waals surface area contributed by atoms with E-state index in [0.29, 0.717) is 18.9 Å². The van der Waals surface area contributed by atoms with E-state index in [1.165, 1.54) is 0 Å². The maximum Gasteiger partial charge on any atom is 0.307 e. The van der Waals surface area contributed by atoms with E-state index in [-0.39, 0.29) is 31.4 Å². The lowest BCUT2D eigenvalue weighted by Crippen LogP contribution is -2.36. The third-order valence-electron chi connectivity index (χ3n) is 4.06. The zero-order valence-corrected chi connectivity index (χ0v) is 16.1. The van der Waals surface area contributed by atoms with Crippen LogP contribution in [0.15, 0.2) is 42.7 Å². The molecule has 1 amide bonds. The second-order valence-electron chi connectivity index (χ2n) is 6.28. The molecule has 0 aliphatic carbocycles. The molecule has 6 heteroatoms. The zero-order chi connectivity index (χ0) is 19.6. The summed E-state index contributed by atoms with van der Waals surface area (Å²) >= 11 is 0. The van der Waals surface area contributed by atoms with Gasteiger partial charge in [-0.05, 0) is 55.7 Å². The Morgan fingerprint density at radius 2 is 1.85 bits per heavy atom. The van der Waals surface area contributed by atoms with Gasteiger partial charge >= 0.3 is 5.97 Å². The first-order chi connectivity index (χ1) is 13.0. The fourth-order valence-corrected chi connectivity index (χ4v) is 2.55. The van der Waals surface area contributed by atoms with Crippen LogP contribution in [-0.2, 0) is 20.9 Å². The van der Waals surface area contributed by atoms with Crippen LogP contribution in [0.1, 0.15) is 30.0 Å². The topological polar surface area (TPSA) is 68.7 Å². The van der Waals surface area contributed by atoms with Gasteiger partial charge in [-0.3, -0.25) is 14.6 Å². The highest BCUT2D eigenvalue weighted by atomic mass is 16.5. The Balaban J connectivity index is 2.02. The van der Waals surface area contributed by atoms with Crippen LogP contribution in [0.25, 0.3) is 0 Å². The van der Waals surface area contributed by atoms with Gasteiger partial charge in [0.15, 0.2) is 6.61 Å². The number of aryl methyl sites for hydroxylation is 2. The second kappa shape index (κ2) is 10.3. The van der Waals surface area contributed by atoms with Crippen molar-refractivity contribution in [1.29, 1.82) is 0 Å². The van der Waals surface area contributed by atoms with Crippen molar-refractivity contribution in [2.75, 3.05) is 19.8 Å². The maximum absolute atomic E-state index is 12.7. The van der Waals surface area contributed by atoms with Gasteiger partial charge in [-0.15, -0.1) is 0 Å². The fraction of sp³-hybridized carbons (Fsp3) is 0.381. The van der Waals surface area contributed by atoms with E-state index in [1.54, 1.807) is 24.2 Å². The van der Waals surface area contributed by atoms with Crippen LogP contribution in [0, 0.1) is 13.8 Å². The number of hydrogen-bond donors (Lipinski definition) is 0. The molecule has 2 rings (SSSR count). The Hall–Kier alpha value is -2.89. The van der Waals surface area contributed by atoms with E-state index in [9.17, 15) is 9.59 Å². The quantitative estimate of drug-likeness (QED) is 0.635. The van der Waals surface area contributed by atoms with Crippen LogP contribution in [-0.4, -0.2) is 41.5 Å². The third kappa shape index (κ3) is 6.73. The number of amides is 1. The summed E-state index contributed by atoms with van der Waals surface area (Å²) in [6.07, 6.45) is 3.50. The monoisotopic (exact) mass is 370 g/mol. The lowest BCUT2D eigenvalue weighted by Gasteiger charge is -2.23. The van der Waals surface area contributed by atoms with E-state index in [1.807, 2.05) is 44.2 Å². The summed E-state index contributed by atoms with van der Waals surface area (Å²) in [6.45, 7) is 6.58. The van der Waals surface area contributed by atoms with E-state index in [0.717, 1.165) is 16.7 Å². The summed E-state index contributed by atoms with van der Waals surface area (Å²) in [5.41, 5.74) is 2.98. The van der Waals surface area contributed by atoms with E-state index >= 15 is 0 Å². The Morgan fingerprint density at radius 3 is 2.56 bits per heavy atom. The molecule has 0 N–H and O–H groups in total. The highest BCUT2D eigenvalue weighted by molar-refractivity contribution is 5.78. The van der Waals surface area contributed by atoms with Crippen LogP contribution in [0.5, 0.6) is 5.75 Å². The first-order valence-electron chi connectivity index (χ1n) is 9.02. The smallest absolute Gasteiger partial charge is 0.307 e. The van der Waals surface area contributed by atoms with Crippen molar-refractivity contribution in [1.82, 2.24) is 9.88 Å². The predicted molar refractivity (Wildman–Crippen MR) is 102 cm³/mol. The van der Waals surface area contributed by atoms with Crippen molar-refractivity contribution in [2.24, 2.45) is 0 Å². The Labute approximate surface area is 160 Å². The lowest BCUT2D eigenvalue weighted by molar-refractivity contribution is -0.144. The molecule has 1 heterocycles. The first kappa shape index (κ1) is 20.4. The van der Waals surface area contributed by atoms with Gasteiger partial charge in [0.25, 0.3) is 5.91 Å². The largest absolute Gasteiger partial charge is 0.483 e.